The molecule has 14 atom stereocenters. The molecule has 5 saturated carbocycles. The second-order valence-electron chi connectivity index (χ2n) is 14.2. The molecule has 1 saturated heterocycles. The van der Waals surface area contributed by atoms with E-state index in [-0.39, 0.29) is 35.8 Å². The number of carbonyl (C=O) groups is 2. The van der Waals surface area contributed by atoms with Crippen LogP contribution in [0.25, 0.3) is 0 Å². The van der Waals surface area contributed by atoms with Gasteiger partial charge in [0.15, 0.2) is 5.60 Å². The number of piperidine rings is 1. The number of hydrogen-bond donors (Lipinski definition) is 2. The molecular weight excluding hydrogens is 570 g/mol. The molecular formula is C33H45NO10. The van der Waals surface area contributed by atoms with Crippen molar-refractivity contribution in [3.05, 3.63) is 35.9 Å². The molecule has 11 nitrogen and oxygen atoms in total. The summed E-state index contributed by atoms with van der Waals surface area (Å²) in [4.78, 5) is 29.2. The summed E-state index contributed by atoms with van der Waals surface area (Å²) in [5, 5.41) is 25.1. The Balaban J connectivity index is 1.51. The van der Waals surface area contributed by atoms with Crippen molar-refractivity contribution in [1.29, 1.82) is 0 Å². The number of ether oxygens (including phenoxy) is 6. The summed E-state index contributed by atoms with van der Waals surface area (Å²) in [5.41, 5.74) is -3.93. The van der Waals surface area contributed by atoms with E-state index in [0.29, 0.717) is 12.2 Å². The van der Waals surface area contributed by atoms with E-state index >= 15 is 0 Å². The first-order valence-electron chi connectivity index (χ1n) is 15.7. The topological polar surface area (TPSA) is 133 Å². The normalized spacial score (nSPS) is 49.9. The quantitative estimate of drug-likeness (QED) is 0.410. The second-order valence-corrected chi connectivity index (χ2v) is 14.2. The number of aliphatic hydroxyl groups excluding tert-OH is 1. The van der Waals surface area contributed by atoms with Crippen LogP contribution < -0.4 is 0 Å². The number of nitrogens with zero attached hydrogens (tertiary/aromatic N) is 1. The van der Waals surface area contributed by atoms with E-state index in [2.05, 4.69) is 11.9 Å². The van der Waals surface area contributed by atoms with E-state index in [4.69, 9.17) is 28.4 Å². The van der Waals surface area contributed by atoms with Gasteiger partial charge in [-0.3, -0.25) is 4.79 Å². The van der Waals surface area contributed by atoms with E-state index in [1.807, 2.05) is 6.07 Å². The largest absolute Gasteiger partial charge is 0.455 e. The molecule has 1 aromatic rings. The van der Waals surface area contributed by atoms with Gasteiger partial charge in [-0.15, -0.1) is 0 Å². The minimum Gasteiger partial charge on any atom is -0.455 e. The van der Waals surface area contributed by atoms with Gasteiger partial charge in [0.2, 0.25) is 0 Å². The number of esters is 2. The van der Waals surface area contributed by atoms with Crippen molar-refractivity contribution in [2.75, 3.05) is 48.6 Å². The van der Waals surface area contributed by atoms with Crippen molar-refractivity contribution in [3.63, 3.8) is 0 Å². The molecule has 0 aromatic heterocycles. The number of aliphatic hydroxyl groups is 2. The maximum absolute atomic E-state index is 13.7. The number of methoxy groups -OCH3 is 4. The Morgan fingerprint density at radius 3 is 2.36 bits per heavy atom. The lowest BCUT2D eigenvalue weighted by Gasteiger charge is -2.69. The summed E-state index contributed by atoms with van der Waals surface area (Å²) < 4.78 is 37.5. The van der Waals surface area contributed by atoms with Crippen LogP contribution in [0.15, 0.2) is 30.3 Å². The summed E-state index contributed by atoms with van der Waals surface area (Å²) in [6.07, 6.45) is -2.66. The highest BCUT2D eigenvalue weighted by molar-refractivity contribution is 5.89. The molecule has 0 radical (unpaired) electrons. The fourth-order valence-corrected chi connectivity index (χ4v) is 12.3. The van der Waals surface area contributed by atoms with E-state index in [9.17, 15) is 19.8 Å². The Kier molecular flexibility index (Phi) is 7.07. The number of carbonyl (C=O) groups excluding carboxylic acids is 2. The summed E-state index contributed by atoms with van der Waals surface area (Å²) >= 11 is 0. The second kappa shape index (κ2) is 10.2. The van der Waals surface area contributed by atoms with E-state index in [1.165, 1.54) is 14.0 Å². The van der Waals surface area contributed by atoms with Crippen molar-refractivity contribution in [3.8, 4) is 0 Å². The smallest absolute Gasteiger partial charge is 0.338 e. The minimum atomic E-state index is -1.76. The van der Waals surface area contributed by atoms with Crippen molar-refractivity contribution >= 4 is 11.9 Å². The first-order valence-corrected chi connectivity index (χ1v) is 15.7. The molecule has 44 heavy (non-hydrogen) atoms. The Morgan fingerprint density at radius 2 is 1.75 bits per heavy atom. The zero-order valence-corrected chi connectivity index (χ0v) is 26.3. The Labute approximate surface area is 258 Å². The zero-order valence-electron chi connectivity index (χ0n) is 26.3. The van der Waals surface area contributed by atoms with Crippen molar-refractivity contribution in [2.45, 2.75) is 73.9 Å². The van der Waals surface area contributed by atoms with Gasteiger partial charge >= 0.3 is 11.9 Å². The maximum Gasteiger partial charge on any atom is 0.338 e. The third-order valence-corrected chi connectivity index (χ3v) is 12.8. The van der Waals surface area contributed by atoms with Crippen molar-refractivity contribution < 1.29 is 48.2 Å². The number of fused-ring (bicyclic) bond motifs is 2. The van der Waals surface area contributed by atoms with Crippen LogP contribution in [0.2, 0.25) is 0 Å². The Morgan fingerprint density at radius 1 is 1.02 bits per heavy atom. The standard InChI is InChI=1S/C33H45NO10/c1-17(35)44-33-21-19(14-31(38,28(42-6)26(33)36)27(21)43-29(37)18-10-8-7-9-11-18)32-20(40-4)12-13-30(16-39-3)15-34(2)25(32)22(33)23(41-5)24(30)32/h7-11,19-28,36,38H,12-16H2,1-6H3/t19-,20+,21-,22+,23+,24?,25?,26+,27-,28+,30+,31-,32+,33-/m1/s1. The fraction of sp³-hybridized carbons (Fsp3) is 0.758. The third-order valence-electron chi connectivity index (χ3n) is 12.8. The first kappa shape index (κ1) is 30.5. The third kappa shape index (κ3) is 3.41. The van der Waals surface area contributed by atoms with E-state index in [0.717, 1.165) is 19.4 Å². The molecule has 7 rings (SSSR count). The van der Waals surface area contributed by atoms with Crippen LogP contribution in [0.5, 0.6) is 0 Å². The Hall–Kier alpha value is -2.12. The van der Waals surface area contributed by atoms with Crippen LogP contribution in [0.4, 0.5) is 0 Å². The van der Waals surface area contributed by atoms with Crippen LogP contribution in [-0.2, 0) is 33.2 Å². The predicted octanol–water partition coefficient (Wildman–Crippen LogP) is 1.29. The predicted molar refractivity (Wildman–Crippen MR) is 154 cm³/mol. The molecule has 1 heterocycles. The van der Waals surface area contributed by atoms with Gasteiger partial charge in [0.1, 0.15) is 23.9 Å². The highest BCUT2D eigenvalue weighted by Crippen LogP contribution is 2.80. The number of rotatable bonds is 8. The lowest BCUT2D eigenvalue weighted by atomic mass is 9.43. The average molecular weight is 616 g/mol. The van der Waals surface area contributed by atoms with Gasteiger partial charge < -0.3 is 43.5 Å². The van der Waals surface area contributed by atoms with Gasteiger partial charge in [-0.2, -0.15) is 0 Å². The Bertz CT molecular complexity index is 1310. The molecule has 6 fully saturated rings. The van der Waals surface area contributed by atoms with Crippen LogP contribution in [0.1, 0.15) is 36.5 Å². The van der Waals surface area contributed by atoms with Gasteiger partial charge in [0.05, 0.1) is 24.4 Å². The lowest BCUT2D eigenvalue weighted by Crippen LogP contribution is -2.80. The molecule has 1 spiro atoms. The average Bonchev–Trinajstić information content (AvgIpc) is 3.39. The maximum atomic E-state index is 13.7. The van der Waals surface area contributed by atoms with E-state index < -0.39 is 64.8 Å². The number of hydrogen-bond acceptors (Lipinski definition) is 11. The molecule has 2 unspecified atom stereocenters. The van der Waals surface area contributed by atoms with Crippen LogP contribution in [-0.4, -0.2) is 123 Å². The summed E-state index contributed by atoms with van der Waals surface area (Å²) in [5.74, 6) is -2.96. The monoisotopic (exact) mass is 615 g/mol. The first-order chi connectivity index (χ1) is 21.0. The molecule has 6 aliphatic rings. The minimum absolute atomic E-state index is 0.103. The number of benzene rings is 1. The molecule has 5 aliphatic carbocycles. The van der Waals surface area contributed by atoms with Crippen LogP contribution >= 0.6 is 0 Å². The van der Waals surface area contributed by atoms with Crippen LogP contribution in [0, 0.1) is 34.5 Å². The van der Waals surface area contributed by atoms with E-state index in [1.54, 1.807) is 45.6 Å². The summed E-state index contributed by atoms with van der Waals surface area (Å²) in [7, 11) is 8.63. The summed E-state index contributed by atoms with van der Waals surface area (Å²) in [6.45, 7) is 2.56. The highest BCUT2D eigenvalue weighted by atomic mass is 16.6. The van der Waals surface area contributed by atoms with Crippen molar-refractivity contribution in [2.24, 2.45) is 34.5 Å². The van der Waals surface area contributed by atoms with Gasteiger partial charge in [-0.25, -0.2) is 4.79 Å². The van der Waals surface area contributed by atoms with Gasteiger partial charge in [-0.05, 0) is 44.4 Å². The SMILES string of the molecule is COC[C@@]12CC[C@H](OC)[C@]34C([C@H]([C@H](OC)C13)[C@]1(OC(C)=O)[C@H]3[C@@H](OC(=O)c5ccccc5)[C@](O)(C[C@H]34)[C@@H](OC)[C@@H]1O)N(C)C2. The fourth-order valence-electron chi connectivity index (χ4n) is 12.3. The molecule has 1 aromatic carbocycles. The lowest BCUT2D eigenvalue weighted by molar-refractivity contribution is -0.316. The van der Waals surface area contributed by atoms with Gasteiger partial charge in [-0.1, -0.05) is 18.2 Å². The molecule has 1 aliphatic heterocycles. The summed E-state index contributed by atoms with van der Waals surface area (Å²) in [6, 6.07) is 8.39. The molecule has 2 N–H and O–H groups in total. The number of likely N-dealkylation sites (tertiary alicyclic amines) is 1. The van der Waals surface area contributed by atoms with Crippen molar-refractivity contribution in [1.82, 2.24) is 4.90 Å². The zero-order chi connectivity index (χ0) is 31.4. The van der Waals surface area contributed by atoms with Crippen LogP contribution in [0.3, 0.4) is 0 Å². The molecule has 0 amide bonds. The van der Waals surface area contributed by atoms with Gasteiger partial charge in [0, 0.05) is 76.5 Å². The van der Waals surface area contributed by atoms with Gasteiger partial charge in [0.25, 0.3) is 0 Å². The molecule has 242 valence electrons. The molecule has 7 bridgehead atoms. The highest BCUT2D eigenvalue weighted by Gasteiger charge is 2.91. The molecule has 11 heteroatoms.